The van der Waals surface area contributed by atoms with Crippen LogP contribution in [-0.2, 0) is 11.2 Å². The normalized spacial score (nSPS) is 28.8. The topological polar surface area (TPSA) is 61.0 Å². The van der Waals surface area contributed by atoms with Crippen molar-refractivity contribution in [3.63, 3.8) is 0 Å². The van der Waals surface area contributed by atoms with Crippen molar-refractivity contribution < 1.29 is 4.74 Å². The Balaban J connectivity index is 1.86. The summed E-state index contributed by atoms with van der Waals surface area (Å²) in [6, 6.07) is 0.135. The van der Waals surface area contributed by atoms with Crippen molar-refractivity contribution in [2.45, 2.75) is 44.1 Å². The number of rotatable bonds is 1. The van der Waals surface area contributed by atoms with Gasteiger partial charge in [0, 0.05) is 36.0 Å². The molecule has 2 atom stereocenters. The number of aromatic nitrogens is 2. The second kappa shape index (κ2) is 4.70. The summed E-state index contributed by atoms with van der Waals surface area (Å²) in [4.78, 5) is 9.21. The summed E-state index contributed by atoms with van der Waals surface area (Å²) in [5.74, 6) is 1.34. The number of ether oxygens (including phenoxy) is 1. The maximum atomic E-state index is 6.07. The molecule has 0 aromatic carbocycles. The third-order valence-electron chi connectivity index (χ3n) is 3.77. The third kappa shape index (κ3) is 2.19. The molecule has 4 nitrogen and oxygen atoms in total. The average molecular weight is 233 g/mol. The molecule has 1 saturated heterocycles. The molecule has 1 aromatic heterocycles. The monoisotopic (exact) mass is 233 g/mol. The van der Waals surface area contributed by atoms with Gasteiger partial charge in [0.05, 0.1) is 6.61 Å². The first kappa shape index (κ1) is 11.1. The smallest absolute Gasteiger partial charge is 0.133 e. The molecule has 2 heterocycles. The minimum Gasteiger partial charge on any atom is -0.381 e. The molecule has 1 fully saturated rings. The molecular weight excluding hydrogens is 214 g/mol. The first-order valence-electron chi connectivity index (χ1n) is 6.53. The predicted molar refractivity (Wildman–Crippen MR) is 64.7 cm³/mol. The fourth-order valence-electron chi connectivity index (χ4n) is 2.74. The molecule has 0 radical (unpaired) electrons. The van der Waals surface area contributed by atoms with Gasteiger partial charge in [-0.2, -0.15) is 0 Å². The average Bonchev–Trinajstić information content (AvgIpc) is 2.40. The van der Waals surface area contributed by atoms with E-state index in [9.17, 15) is 0 Å². The Morgan fingerprint density at radius 1 is 1.29 bits per heavy atom. The van der Waals surface area contributed by atoms with Crippen LogP contribution in [0.3, 0.4) is 0 Å². The molecule has 1 aliphatic carbocycles. The van der Waals surface area contributed by atoms with Gasteiger partial charge in [-0.15, -0.1) is 0 Å². The molecule has 2 aliphatic rings. The molecule has 4 heteroatoms. The van der Waals surface area contributed by atoms with E-state index >= 15 is 0 Å². The Morgan fingerprint density at radius 3 is 3.06 bits per heavy atom. The van der Waals surface area contributed by atoms with E-state index in [1.54, 1.807) is 0 Å². The van der Waals surface area contributed by atoms with E-state index in [0.29, 0.717) is 5.92 Å². The van der Waals surface area contributed by atoms with E-state index in [2.05, 4.69) is 4.98 Å². The fourth-order valence-corrected chi connectivity index (χ4v) is 2.74. The van der Waals surface area contributed by atoms with Crippen LogP contribution in [0.25, 0.3) is 0 Å². The van der Waals surface area contributed by atoms with Crippen LogP contribution in [0, 0.1) is 0 Å². The van der Waals surface area contributed by atoms with E-state index in [1.807, 2.05) is 6.20 Å². The zero-order valence-corrected chi connectivity index (χ0v) is 10.1. The quantitative estimate of drug-likeness (QED) is 0.802. The van der Waals surface area contributed by atoms with Gasteiger partial charge < -0.3 is 10.5 Å². The van der Waals surface area contributed by atoms with Gasteiger partial charge in [0.2, 0.25) is 0 Å². The molecule has 2 N–H and O–H groups in total. The van der Waals surface area contributed by atoms with Crippen molar-refractivity contribution in [2.24, 2.45) is 5.73 Å². The van der Waals surface area contributed by atoms with Crippen LogP contribution in [0.5, 0.6) is 0 Å². The van der Waals surface area contributed by atoms with E-state index in [-0.39, 0.29) is 6.04 Å². The van der Waals surface area contributed by atoms with Crippen molar-refractivity contribution in [1.82, 2.24) is 9.97 Å². The molecular formula is C13H19N3O. The highest BCUT2D eigenvalue weighted by Crippen LogP contribution is 2.28. The van der Waals surface area contributed by atoms with Gasteiger partial charge >= 0.3 is 0 Å². The standard InChI is InChI=1S/C13H19N3O/c14-11-4-1-5-12-10(11)7-15-13(16-12)9-3-2-6-17-8-9/h7,9,11H,1-6,8,14H2. The number of nitrogens with zero attached hydrogens (tertiary/aromatic N) is 2. The van der Waals surface area contributed by atoms with Crippen LogP contribution in [-0.4, -0.2) is 23.2 Å². The first-order valence-corrected chi connectivity index (χ1v) is 6.53. The Labute approximate surface area is 102 Å². The second-order valence-electron chi connectivity index (χ2n) is 5.04. The molecule has 0 amide bonds. The maximum Gasteiger partial charge on any atom is 0.133 e. The van der Waals surface area contributed by atoms with E-state index in [0.717, 1.165) is 56.7 Å². The Kier molecular flexibility index (Phi) is 3.07. The van der Waals surface area contributed by atoms with Crippen LogP contribution < -0.4 is 5.73 Å². The first-order chi connectivity index (χ1) is 8.34. The third-order valence-corrected chi connectivity index (χ3v) is 3.77. The maximum absolute atomic E-state index is 6.07. The van der Waals surface area contributed by atoms with E-state index < -0.39 is 0 Å². The van der Waals surface area contributed by atoms with E-state index in [1.165, 1.54) is 5.69 Å². The second-order valence-corrected chi connectivity index (χ2v) is 5.04. The summed E-state index contributed by atoms with van der Waals surface area (Å²) < 4.78 is 5.50. The molecule has 0 spiro atoms. The number of fused-ring (bicyclic) bond motifs is 1. The lowest BCUT2D eigenvalue weighted by molar-refractivity contribution is 0.0779. The van der Waals surface area contributed by atoms with Crippen molar-refractivity contribution in [2.75, 3.05) is 13.2 Å². The molecule has 0 saturated carbocycles. The molecule has 0 bridgehead atoms. The Morgan fingerprint density at radius 2 is 2.24 bits per heavy atom. The van der Waals surface area contributed by atoms with Gasteiger partial charge in [0.1, 0.15) is 5.82 Å². The summed E-state index contributed by atoms with van der Waals surface area (Å²) in [5.41, 5.74) is 8.39. The summed E-state index contributed by atoms with van der Waals surface area (Å²) >= 11 is 0. The number of hydrogen-bond acceptors (Lipinski definition) is 4. The summed E-state index contributed by atoms with van der Waals surface area (Å²) in [7, 11) is 0. The van der Waals surface area contributed by atoms with Gasteiger partial charge in [0.25, 0.3) is 0 Å². The SMILES string of the molecule is NC1CCCc2nc(C3CCCOC3)ncc21. The highest BCUT2D eigenvalue weighted by atomic mass is 16.5. The van der Waals surface area contributed by atoms with Gasteiger partial charge in [-0.3, -0.25) is 0 Å². The van der Waals surface area contributed by atoms with E-state index in [4.69, 9.17) is 15.5 Å². The predicted octanol–water partition coefficient (Wildman–Crippen LogP) is 1.71. The van der Waals surface area contributed by atoms with Crippen LogP contribution in [0.4, 0.5) is 0 Å². The van der Waals surface area contributed by atoms with Crippen molar-refractivity contribution in [3.8, 4) is 0 Å². The minimum atomic E-state index is 0.135. The lowest BCUT2D eigenvalue weighted by Crippen LogP contribution is -2.22. The van der Waals surface area contributed by atoms with Crippen LogP contribution in [0.15, 0.2) is 6.20 Å². The largest absolute Gasteiger partial charge is 0.381 e. The lowest BCUT2D eigenvalue weighted by Gasteiger charge is -2.24. The fraction of sp³-hybridized carbons (Fsp3) is 0.692. The Hall–Kier alpha value is -1.00. The Bertz CT molecular complexity index is 402. The molecule has 2 unspecified atom stereocenters. The van der Waals surface area contributed by atoms with Gasteiger partial charge in [0.15, 0.2) is 0 Å². The highest BCUT2D eigenvalue weighted by molar-refractivity contribution is 5.24. The zero-order chi connectivity index (χ0) is 11.7. The summed E-state index contributed by atoms with van der Waals surface area (Å²) in [6.45, 7) is 1.65. The number of nitrogens with two attached hydrogens (primary N) is 1. The molecule has 17 heavy (non-hydrogen) atoms. The van der Waals surface area contributed by atoms with Gasteiger partial charge in [-0.25, -0.2) is 9.97 Å². The molecule has 1 aromatic rings. The van der Waals surface area contributed by atoms with Crippen LogP contribution >= 0.6 is 0 Å². The van der Waals surface area contributed by atoms with Crippen LogP contribution in [0.1, 0.15) is 54.7 Å². The number of aryl methyl sites for hydroxylation is 1. The van der Waals surface area contributed by atoms with Crippen molar-refractivity contribution in [1.29, 1.82) is 0 Å². The van der Waals surface area contributed by atoms with Gasteiger partial charge in [-0.1, -0.05) is 0 Å². The highest BCUT2D eigenvalue weighted by Gasteiger charge is 2.23. The molecule has 1 aliphatic heterocycles. The molecule has 92 valence electrons. The zero-order valence-electron chi connectivity index (χ0n) is 10.1. The lowest BCUT2D eigenvalue weighted by atomic mass is 9.92. The summed E-state index contributed by atoms with van der Waals surface area (Å²) in [6.07, 6.45) is 7.45. The summed E-state index contributed by atoms with van der Waals surface area (Å²) in [5, 5.41) is 0. The van der Waals surface area contributed by atoms with Crippen molar-refractivity contribution >= 4 is 0 Å². The minimum absolute atomic E-state index is 0.135. The van der Waals surface area contributed by atoms with Crippen molar-refractivity contribution in [3.05, 3.63) is 23.3 Å². The number of hydrogen-bond donors (Lipinski definition) is 1. The van der Waals surface area contributed by atoms with Crippen LogP contribution in [0.2, 0.25) is 0 Å². The molecule has 3 rings (SSSR count). The van der Waals surface area contributed by atoms with Gasteiger partial charge in [-0.05, 0) is 32.1 Å².